The summed E-state index contributed by atoms with van der Waals surface area (Å²) >= 11 is 0. The second kappa shape index (κ2) is 6.20. The average molecular weight is 233 g/mol. The summed E-state index contributed by atoms with van der Waals surface area (Å²) in [6, 6.07) is 9.04. The van der Waals surface area contributed by atoms with Crippen molar-refractivity contribution in [1.82, 2.24) is 5.32 Å². The smallest absolute Gasteiger partial charge is 0.0162 e. The summed E-state index contributed by atoms with van der Waals surface area (Å²) in [6.45, 7) is 9.06. The van der Waals surface area contributed by atoms with Crippen molar-refractivity contribution in [1.29, 1.82) is 0 Å². The van der Waals surface area contributed by atoms with E-state index in [9.17, 15) is 0 Å². The van der Waals surface area contributed by atoms with E-state index in [-0.39, 0.29) is 5.54 Å². The Bertz CT molecular complexity index is 339. The Kier molecular flexibility index (Phi) is 5.20. The molecule has 1 nitrogen and oxygen atoms in total. The lowest BCUT2D eigenvalue weighted by Gasteiger charge is -2.24. The predicted octanol–water partition coefficient (Wildman–Crippen LogP) is 3.82. The van der Waals surface area contributed by atoms with E-state index >= 15 is 0 Å². The number of rotatable bonds is 6. The van der Waals surface area contributed by atoms with Gasteiger partial charge < -0.3 is 5.32 Å². The van der Waals surface area contributed by atoms with Crippen LogP contribution in [0.15, 0.2) is 24.3 Å². The van der Waals surface area contributed by atoms with Gasteiger partial charge in [0.25, 0.3) is 0 Å². The van der Waals surface area contributed by atoms with Crippen molar-refractivity contribution in [3.8, 4) is 0 Å². The van der Waals surface area contributed by atoms with E-state index in [4.69, 9.17) is 0 Å². The summed E-state index contributed by atoms with van der Waals surface area (Å²) in [4.78, 5) is 0. The quantitative estimate of drug-likeness (QED) is 0.787. The maximum absolute atomic E-state index is 3.36. The average Bonchev–Trinajstić information content (AvgIpc) is 2.26. The number of likely N-dealkylation sites (N-methyl/N-ethyl adjacent to an activating group) is 1. The number of hydrogen-bond donors (Lipinski definition) is 1. The molecule has 1 N–H and O–H groups in total. The molecular formula is C16H27N. The van der Waals surface area contributed by atoms with E-state index in [0.29, 0.717) is 0 Å². The molecule has 1 aromatic rings. The number of aryl methyl sites for hydroxylation is 1. The van der Waals surface area contributed by atoms with Gasteiger partial charge in [0.2, 0.25) is 0 Å². The van der Waals surface area contributed by atoms with Gasteiger partial charge in [0.1, 0.15) is 0 Å². The summed E-state index contributed by atoms with van der Waals surface area (Å²) in [5.41, 5.74) is 3.09. The fourth-order valence-electron chi connectivity index (χ4n) is 1.95. The highest BCUT2D eigenvalue weighted by molar-refractivity contribution is 5.25. The molecule has 0 aliphatic carbocycles. The number of nitrogens with one attached hydrogen (secondary N) is 1. The normalized spacial score (nSPS) is 12.1. The monoisotopic (exact) mass is 233 g/mol. The Morgan fingerprint density at radius 1 is 1.18 bits per heavy atom. The van der Waals surface area contributed by atoms with E-state index in [2.05, 4.69) is 57.3 Å². The molecule has 0 heterocycles. The molecule has 0 fully saturated rings. The summed E-state index contributed by atoms with van der Waals surface area (Å²) in [7, 11) is 2.03. The van der Waals surface area contributed by atoms with Crippen LogP contribution in [0.4, 0.5) is 0 Å². The van der Waals surface area contributed by atoms with Gasteiger partial charge in [0.05, 0.1) is 0 Å². The first kappa shape index (κ1) is 14.2. The minimum absolute atomic E-state index is 0.177. The molecule has 1 aromatic carbocycles. The van der Waals surface area contributed by atoms with Gasteiger partial charge in [0.15, 0.2) is 0 Å². The van der Waals surface area contributed by atoms with E-state index < -0.39 is 0 Å². The predicted molar refractivity (Wildman–Crippen MR) is 76.4 cm³/mol. The molecule has 0 unspecified atom stereocenters. The van der Waals surface area contributed by atoms with E-state index in [1.165, 1.54) is 24.0 Å². The second-order valence-corrected chi connectivity index (χ2v) is 6.06. The lowest BCUT2D eigenvalue weighted by molar-refractivity contribution is 0.422. The van der Waals surface area contributed by atoms with Crippen LogP contribution in [0, 0.1) is 5.92 Å². The highest BCUT2D eigenvalue weighted by atomic mass is 14.9. The second-order valence-electron chi connectivity index (χ2n) is 6.06. The standard InChI is InChI=1S/C16H27N/c1-13(2)9-10-14-7-6-8-15(11-14)12-16(3,4)17-5/h6-8,11,13,17H,9-10,12H2,1-5H3. The van der Waals surface area contributed by atoms with Crippen molar-refractivity contribution < 1.29 is 0 Å². The lowest BCUT2D eigenvalue weighted by atomic mass is 9.93. The van der Waals surface area contributed by atoms with Crippen LogP contribution in [0.2, 0.25) is 0 Å². The highest BCUT2D eigenvalue weighted by Crippen LogP contribution is 2.16. The summed E-state index contributed by atoms with van der Waals surface area (Å²) in [5, 5.41) is 3.36. The zero-order chi connectivity index (χ0) is 12.9. The third-order valence-electron chi connectivity index (χ3n) is 3.32. The zero-order valence-electron chi connectivity index (χ0n) is 12.0. The third-order valence-corrected chi connectivity index (χ3v) is 3.32. The van der Waals surface area contributed by atoms with Crippen LogP contribution in [0.5, 0.6) is 0 Å². The Morgan fingerprint density at radius 3 is 2.41 bits per heavy atom. The minimum Gasteiger partial charge on any atom is -0.314 e. The van der Waals surface area contributed by atoms with Gasteiger partial charge >= 0.3 is 0 Å². The van der Waals surface area contributed by atoms with Crippen molar-refractivity contribution in [2.75, 3.05) is 7.05 Å². The van der Waals surface area contributed by atoms with Crippen molar-refractivity contribution in [2.45, 2.75) is 52.5 Å². The van der Waals surface area contributed by atoms with E-state index in [1.54, 1.807) is 0 Å². The van der Waals surface area contributed by atoms with Crippen molar-refractivity contribution in [3.05, 3.63) is 35.4 Å². The Hall–Kier alpha value is -0.820. The molecule has 0 amide bonds. The van der Waals surface area contributed by atoms with Crippen LogP contribution in [0.3, 0.4) is 0 Å². The molecule has 0 aromatic heterocycles. The molecule has 0 aliphatic heterocycles. The Balaban J connectivity index is 2.66. The Morgan fingerprint density at radius 2 is 1.82 bits per heavy atom. The topological polar surface area (TPSA) is 12.0 Å². The van der Waals surface area contributed by atoms with Gasteiger partial charge in [0, 0.05) is 5.54 Å². The molecular weight excluding hydrogens is 206 g/mol. The molecule has 0 atom stereocenters. The van der Waals surface area contributed by atoms with E-state index in [0.717, 1.165) is 12.3 Å². The SMILES string of the molecule is CNC(C)(C)Cc1cccc(CCC(C)C)c1. The molecule has 0 saturated heterocycles. The van der Waals surface area contributed by atoms with Crippen molar-refractivity contribution in [3.63, 3.8) is 0 Å². The first-order chi connectivity index (χ1) is 7.93. The summed E-state index contributed by atoms with van der Waals surface area (Å²) in [6.07, 6.45) is 3.56. The van der Waals surface area contributed by atoms with E-state index in [1.807, 2.05) is 7.05 Å². The fraction of sp³-hybridized carbons (Fsp3) is 0.625. The Labute approximate surface area is 107 Å². The van der Waals surface area contributed by atoms with Crippen LogP contribution in [-0.2, 0) is 12.8 Å². The van der Waals surface area contributed by atoms with Crippen molar-refractivity contribution >= 4 is 0 Å². The highest BCUT2D eigenvalue weighted by Gasteiger charge is 2.15. The fourth-order valence-corrected chi connectivity index (χ4v) is 1.95. The van der Waals surface area contributed by atoms with Gasteiger partial charge in [-0.3, -0.25) is 0 Å². The van der Waals surface area contributed by atoms with Crippen LogP contribution < -0.4 is 5.32 Å². The maximum Gasteiger partial charge on any atom is 0.0162 e. The van der Waals surface area contributed by atoms with Crippen molar-refractivity contribution in [2.24, 2.45) is 5.92 Å². The van der Waals surface area contributed by atoms with Gasteiger partial charge in [-0.2, -0.15) is 0 Å². The molecule has 0 aliphatic rings. The molecule has 0 saturated carbocycles. The largest absolute Gasteiger partial charge is 0.314 e. The van der Waals surface area contributed by atoms with Crippen LogP contribution in [0.25, 0.3) is 0 Å². The molecule has 0 bridgehead atoms. The van der Waals surface area contributed by atoms with Gasteiger partial charge in [-0.05, 0) is 57.2 Å². The molecule has 17 heavy (non-hydrogen) atoms. The minimum atomic E-state index is 0.177. The number of hydrogen-bond acceptors (Lipinski definition) is 1. The van der Waals surface area contributed by atoms with Crippen LogP contribution in [-0.4, -0.2) is 12.6 Å². The molecule has 96 valence electrons. The van der Waals surface area contributed by atoms with Gasteiger partial charge in [-0.25, -0.2) is 0 Å². The first-order valence-corrected chi connectivity index (χ1v) is 6.69. The van der Waals surface area contributed by atoms with Gasteiger partial charge in [-0.15, -0.1) is 0 Å². The summed E-state index contributed by atoms with van der Waals surface area (Å²) in [5.74, 6) is 0.785. The molecule has 1 heteroatoms. The van der Waals surface area contributed by atoms with Crippen LogP contribution >= 0.6 is 0 Å². The maximum atomic E-state index is 3.36. The van der Waals surface area contributed by atoms with Gasteiger partial charge in [-0.1, -0.05) is 38.1 Å². The zero-order valence-corrected chi connectivity index (χ0v) is 12.0. The lowest BCUT2D eigenvalue weighted by Crippen LogP contribution is -2.38. The third kappa shape index (κ3) is 5.36. The first-order valence-electron chi connectivity index (χ1n) is 6.69. The molecule has 1 rings (SSSR count). The molecule has 0 spiro atoms. The van der Waals surface area contributed by atoms with Crippen LogP contribution in [0.1, 0.15) is 45.2 Å². The summed E-state index contributed by atoms with van der Waals surface area (Å²) < 4.78 is 0. The molecule has 0 radical (unpaired) electrons. The number of benzene rings is 1.